The van der Waals surface area contributed by atoms with Crippen LogP contribution < -0.4 is 10.1 Å². The molecule has 1 aliphatic heterocycles. The summed E-state index contributed by atoms with van der Waals surface area (Å²) in [6.45, 7) is 6.08. The van der Waals surface area contributed by atoms with Gasteiger partial charge in [0, 0.05) is 31.0 Å². The Bertz CT molecular complexity index is 419. The van der Waals surface area contributed by atoms with E-state index in [1.165, 1.54) is 0 Å². The van der Waals surface area contributed by atoms with E-state index >= 15 is 0 Å². The van der Waals surface area contributed by atoms with E-state index in [0.29, 0.717) is 11.9 Å². The molecule has 0 aromatic carbocycles. The molecule has 1 aliphatic rings. The van der Waals surface area contributed by atoms with Gasteiger partial charge in [0.25, 0.3) is 0 Å². The van der Waals surface area contributed by atoms with Gasteiger partial charge in [0.1, 0.15) is 0 Å². The second kappa shape index (κ2) is 7.04. The standard InChI is InChI=1S/C16H26N2O2/c1-4-16(5-2)11-14(8-10-20-16)18-12-13-7-6-9-17-15(13)19-3/h6-7,9,14,18H,4-5,8,10-12H2,1-3H3. The van der Waals surface area contributed by atoms with Crippen LogP contribution in [0.1, 0.15) is 45.1 Å². The number of nitrogens with one attached hydrogen (secondary N) is 1. The van der Waals surface area contributed by atoms with Crippen molar-refractivity contribution in [2.75, 3.05) is 13.7 Å². The molecular formula is C16H26N2O2. The lowest BCUT2D eigenvalue weighted by molar-refractivity contribution is -0.0932. The van der Waals surface area contributed by atoms with Crippen LogP contribution in [0.25, 0.3) is 0 Å². The second-order valence-electron chi connectivity index (χ2n) is 5.48. The van der Waals surface area contributed by atoms with Gasteiger partial charge in [-0.1, -0.05) is 19.9 Å². The van der Waals surface area contributed by atoms with Crippen molar-refractivity contribution in [2.24, 2.45) is 0 Å². The van der Waals surface area contributed by atoms with Crippen molar-refractivity contribution >= 4 is 0 Å². The van der Waals surface area contributed by atoms with Crippen LogP contribution in [0.15, 0.2) is 18.3 Å². The molecule has 0 bridgehead atoms. The molecule has 0 aliphatic carbocycles. The Labute approximate surface area is 121 Å². The van der Waals surface area contributed by atoms with Gasteiger partial charge in [-0.2, -0.15) is 0 Å². The molecule has 1 aromatic rings. The predicted molar refractivity (Wildman–Crippen MR) is 79.9 cm³/mol. The number of rotatable bonds is 6. The van der Waals surface area contributed by atoms with Crippen LogP contribution in [-0.4, -0.2) is 30.3 Å². The van der Waals surface area contributed by atoms with Crippen LogP contribution >= 0.6 is 0 Å². The van der Waals surface area contributed by atoms with Crippen LogP contribution in [0.4, 0.5) is 0 Å². The predicted octanol–water partition coefficient (Wildman–Crippen LogP) is 2.92. The highest BCUT2D eigenvalue weighted by Gasteiger charge is 2.34. The Morgan fingerprint density at radius 3 is 2.95 bits per heavy atom. The quantitative estimate of drug-likeness (QED) is 0.869. The minimum absolute atomic E-state index is 0.0644. The van der Waals surface area contributed by atoms with Gasteiger partial charge >= 0.3 is 0 Å². The van der Waals surface area contributed by atoms with Crippen LogP contribution in [0.2, 0.25) is 0 Å². The number of nitrogens with zero attached hydrogens (tertiary/aromatic N) is 1. The topological polar surface area (TPSA) is 43.4 Å². The van der Waals surface area contributed by atoms with E-state index in [0.717, 1.165) is 44.4 Å². The number of hydrogen-bond acceptors (Lipinski definition) is 4. The van der Waals surface area contributed by atoms with Crippen molar-refractivity contribution in [3.05, 3.63) is 23.9 Å². The van der Waals surface area contributed by atoms with Crippen LogP contribution in [-0.2, 0) is 11.3 Å². The molecule has 1 fully saturated rings. The summed E-state index contributed by atoms with van der Waals surface area (Å²) in [4.78, 5) is 4.23. The van der Waals surface area contributed by atoms with Gasteiger partial charge in [0.15, 0.2) is 0 Å². The first kappa shape index (κ1) is 15.3. The van der Waals surface area contributed by atoms with Crippen molar-refractivity contribution in [3.8, 4) is 5.88 Å². The molecule has 4 heteroatoms. The second-order valence-corrected chi connectivity index (χ2v) is 5.48. The fraction of sp³-hybridized carbons (Fsp3) is 0.688. The maximum Gasteiger partial charge on any atom is 0.217 e. The summed E-state index contributed by atoms with van der Waals surface area (Å²) in [5.74, 6) is 0.712. The van der Waals surface area contributed by atoms with Crippen LogP contribution in [0.3, 0.4) is 0 Å². The normalized spacial score (nSPS) is 21.6. The monoisotopic (exact) mass is 278 g/mol. The molecule has 1 atom stereocenters. The van der Waals surface area contributed by atoms with Crippen molar-refractivity contribution in [2.45, 2.75) is 57.7 Å². The molecule has 0 spiro atoms. The van der Waals surface area contributed by atoms with Crippen molar-refractivity contribution in [3.63, 3.8) is 0 Å². The lowest BCUT2D eigenvalue weighted by Crippen LogP contribution is -2.46. The molecule has 112 valence electrons. The smallest absolute Gasteiger partial charge is 0.217 e. The Kier molecular flexibility index (Phi) is 5.38. The molecule has 20 heavy (non-hydrogen) atoms. The third-order valence-corrected chi connectivity index (χ3v) is 4.41. The summed E-state index contributed by atoms with van der Waals surface area (Å²) in [7, 11) is 1.67. The van der Waals surface area contributed by atoms with Gasteiger partial charge in [-0.15, -0.1) is 0 Å². The minimum Gasteiger partial charge on any atom is -0.481 e. The summed E-state index contributed by atoms with van der Waals surface area (Å²) in [5, 5.41) is 3.64. The average molecular weight is 278 g/mol. The first-order valence-electron chi connectivity index (χ1n) is 7.58. The number of methoxy groups -OCH3 is 1. The Hall–Kier alpha value is -1.13. The summed E-state index contributed by atoms with van der Waals surface area (Å²) >= 11 is 0. The van der Waals surface area contributed by atoms with Gasteiger partial charge in [-0.25, -0.2) is 4.98 Å². The van der Waals surface area contributed by atoms with Gasteiger partial charge in [-0.05, 0) is 31.7 Å². The number of pyridine rings is 1. The SMILES string of the molecule is CCC1(CC)CC(NCc2cccnc2OC)CCO1. The fourth-order valence-corrected chi connectivity index (χ4v) is 2.94. The zero-order valence-corrected chi connectivity index (χ0v) is 12.8. The molecule has 1 N–H and O–H groups in total. The molecule has 1 saturated heterocycles. The zero-order chi connectivity index (χ0) is 14.4. The highest BCUT2D eigenvalue weighted by atomic mass is 16.5. The number of hydrogen-bond donors (Lipinski definition) is 1. The van der Waals surface area contributed by atoms with Crippen LogP contribution in [0, 0.1) is 0 Å². The van der Waals surface area contributed by atoms with Gasteiger partial charge in [-0.3, -0.25) is 0 Å². The highest BCUT2D eigenvalue weighted by Crippen LogP contribution is 2.31. The highest BCUT2D eigenvalue weighted by molar-refractivity contribution is 5.25. The summed E-state index contributed by atoms with van der Waals surface area (Å²) < 4.78 is 11.3. The summed E-state index contributed by atoms with van der Waals surface area (Å²) in [6.07, 6.45) is 6.08. The first-order chi connectivity index (χ1) is 9.73. The fourth-order valence-electron chi connectivity index (χ4n) is 2.94. The number of aromatic nitrogens is 1. The van der Waals surface area contributed by atoms with E-state index in [2.05, 4.69) is 30.2 Å². The van der Waals surface area contributed by atoms with Gasteiger partial charge in [0.2, 0.25) is 5.88 Å². The molecule has 0 amide bonds. The molecule has 1 unspecified atom stereocenters. The summed E-state index contributed by atoms with van der Waals surface area (Å²) in [6, 6.07) is 4.52. The summed E-state index contributed by atoms with van der Waals surface area (Å²) in [5.41, 5.74) is 1.18. The van der Waals surface area contributed by atoms with E-state index in [4.69, 9.17) is 9.47 Å². The van der Waals surface area contributed by atoms with E-state index in [1.807, 2.05) is 6.07 Å². The zero-order valence-electron chi connectivity index (χ0n) is 12.8. The molecule has 0 radical (unpaired) electrons. The first-order valence-corrected chi connectivity index (χ1v) is 7.58. The third kappa shape index (κ3) is 3.49. The maximum atomic E-state index is 6.01. The molecule has 2 heterocycles. The minimum atomic E-state index is 0.0644. The van der Waals surface area contributed by atoms with Crippen LogP contribution in [0.5, 0.6) is 5.88 Å². The lowest BCUT2D eigenvalue weighted by Gasteiger charge is -2.40. The van der Waals surface area contributed by atoms with Crippen molar-refractivity contribution in [1.29, 1.82) is 0 Å². The Balaban J connectivity index is 1.93. The van der Waals surface area contributed by atoms with E-state index in [1.54, 1.807) is 13.3 Å². The molecule has 4 nitrogen and oxygen atoms in total. The van der Waals surface area contributed by atoms with E-state index in [-0.39, 0.29) is 5.60 Å². The molecule has 0 saturated carbocycles. The van der Waals surface area contributed by atoms with Crippen molar-refractivity contribution < 1.29 is 9.47 Å². The third-order valence-electron chi connectivity index (χ3n) is 4.41. The lowest BCUT2D eigenvalue weighted by atomic mass is 9.86. The van der Waals surface area contributed by atoms with Crippen molar-refractivity contribution in [1.82, 2.24) is 10.3 Å². The largest absolute Gasteiger partial charge is 0.481 e. The Morgan fingerprint density at radius 1 is 1.45 bits per heavy atom. The van der Waals surface area contributed by atoms with Gasteiger partial charge < -0.3 is 14.8 Å². The van der Waals surface area contributed by atoms with E-state index in [9.17, 15) is 0 Å². The number of ether oxygens (including phenoxy) is 2. The Morgan fingerprint density at radius 2 is 2.25 bits per heavy atom. The van der Waals surface area contributed by atoms with E-state index < -0.39 is 0 Å². The average Bonchev–Trinajstić information content (AvgIpc) is 2.53. The van der Waals surface area contributed by atoms with Gasteiger partial charge in [0.05, 0.1) is 12.7 Å². The maximum absolute atomic E-state index is 6.01. The molecule has 2 rings (SSSR count). The molecule has 1 aromatic heterocycles. The molecular weight excluding hydrogens is 252 g/mol.